The Morgan fingerprint density at radius 3 is 3.00 bits per heavy atom. The van der Waals surface area contributed by atoms with Gasteiger partial charge in [-0.05, 0) is 38.2 Å². The van der Waals surface area contributed by atoms with Gasteiger partial charge in [-0.25, -0.2) is 9.97 Å². The molecular weight excluding hydrogens is 304 g/mol. The molecule has 1 saturated carbocycles. The summed E-state index contributed by atoms with van der Waals surface area (Å²) in [5.41, 5.74) is 2.32. The zero-order valence-corrected chi connectivity index (χ0v) is 14.1. The van der Waals surface area contributed by atoms with Crippen LogP contribution in [0.15, 0.2) is 18.6 Å². The lowest BCUT2D eigenvalue weighted by molar-refractivity contribution is 0.00210. The number of carbonyl (C=O) groups is 1. The molecular formula is C18H24N4O2. The summed E-state index contributed by atoms with van der Waals surface area (Å²) >= 11 is 0. The van der Waals surface area contributed by atoms with Gasteiger partial charge < -0.3 is 14.2 Å². The number of pyridine rings is 1. The van der Waals surface area contributed by atoms with E-state index in [2.05, 4.69) is 21.5 Å². The van der Waals surface area contributed by atoms with Gasteiger partial charge in [0, 0.05) is 31.9 Å². The summed E-state index contributed by atoms with van der Waals surface area (Å²) in [7, 11) is 0. The smallest absolute Gasteiger partial charge is 0.255 e. The van der Waals surface area contributed by atoms with Gasteiger partial charge in [-0.15, -0.1) is 0 Å². The maximum Gasteiger partial charge on any atom is 0.255 e. The van der Waals surface area contributed by atoms with Crippen molar-refractivity contribution >= 4 is 17.1 Å². The number of aromatic nitrogens is 3. The molecule has 1 aliphatic carbocycles. The van der Waals surface area contributed by atoms with Crippen molar-refractivity contribution in [1.82, 2.24) is 19.4 Å². The van der Waals surface area contributed by atoms with Gasteiger partial charge in [0.1, 0.15) is 5.52 Å². The molecule has 24 heavy (non-hydrogen) atoms. The topological polar surface area (TPSA) is 60.2 Å². The molecule has 6 nitrogen and oxygen atoms in total. The third-order valence-electron chi connectivity index (χ3n) is 4.82. The number of carbonyl (C=O) groups excluding carboxylic acids is 1. The Morgan fingerprint density at radius 2 is 2.21 bits per heavy atom. The molecule has 2 aromatic heterocycles. The fourth-order valence-corrected chi connectivity index (χ4v) is 3.38. The highest BCUT2D eigenvalue weighted by molar-refractivity contribution is 5.96. The summed E-state index contributed by atoms with van der Waals surface area (Å²) in [4.78, 5) is 23.6. The van der Waals surface area contributed by atoms with Crippen LogP contribution in [0.25, 0.3) is 11.2 Å². The Kier molecular flexibility index (Phi) is 4.22. The van der Waals surface area contributed by atoms with Crippen LogP contribution < -0.4 is 0 Å². The fourth-order valence-electron chi connectivity index (χ4n) is 3.38. The van der Waals surface area contributed by atoms with E-state index in [9.17, 15) is 4.79 Å². The van der Waals surface area contributed by atoms with Gasteiger partial charge >= 0.3 is 0 Å². The standard InChI is InChI=1S/C18H24N4O2/c1-2-8-24-15-4-3-7-21(11-15)18(23)13-9-16-17(19-10-13)22(12-20-16)14-5-6-14/h9-10,12,14-15H,2-8,11H2,1H3. The molecule has 1 amide bonds. The number of imidazole rings is 1. The molecule has 1 atom stereocenters. The van der Waals surface area contributed by atoms with E-state index in [-0.39, 0.29) is 12.0 Å². The molecule has 1 unspecified atom stereocenters. The summed E-state index contributed by atoms with van der Waals surface area (Å²) < 4.78 is 7.95. The van der Waals surface area contributed by atoms with Crippen LogP contribution in [0.1, 0.15) is 55.4 Å². The van der Waals surface area contributed by atoms with Crippen LogP contribution in [0, 0.1) is 0 Å². The first-order valence-corrected chi connectivity index (χ1v) is 8.99. The fraction of sp³-hybridized carbons (Fsp3) is 0.611. The molecule has 0 aromatic carbocycles. The van der Waals surface area contributed by atoms with Crippen LogP contribution in [-0.2, 0) is 4.74 Å². The number of piperidine rings is 1. The first-order chi connectivity index (χ1) is 11.8. The second kappa shape index (κ2) is 6.51. The number of amides is 1. The van der Waals surface area contributed by atoms with Gasteiger partial charge in [0.05, 0.1) is 18.0 Å². The van der Waals surface area contributed by atoms with E-state index in [0.29, 0.717) is 18.2 Å². The van der Waals surface area contributed by atoms with Crippen LogP contribution in [0.2, 0.25) is 0 Å². The molecule has 0 N–H and O–H groups in total. The quantitative estimate of drug-likeness (QED) is 0.847. The average molecular weight is 328 g/mol. The minimum Gasteiger partial charge on any atom is -0.376 e. The Labute approximate surface area is 141 Å². The van der Waals surface area contributed by atoms with E-state index in [1.54, 1.807) is 6.20 Å². The number of hydrogen-bond acceptors (Lipinski definition) is 4. The Bertz CT molecular complexity index is 738. The SMILES string of the molecule is CCCOC1CCCN(C(=O)c2cnc3c(c2)ncn3C2CC2)C1. The zero-order chi connectivity index (χ0) is 16.5. The predicted molar refractivity (Wildman–Crippen MR) is 91.0 cm³/mol. The lowest BCUT2D eigenvalue weighted by Gasteiger charge is -2.32. The van der Waals surface area contributed by atoms with Crippen LogP contribution >= 0.6 is 0 Å². The van der Waals surface area contributed by atoms with Crippen molar-refractivity contribution in [2.24, 2.45) is 0 Å². The normalized spacial score (nSPS) is 21.4. The molecule has 1 aliphatic heterocycles. The maximum atomic E-state index is 12.8. The highest BCUT2D eigenvalue weighted by Gasteiger charge is 2.27. The number of nitrogens with zero attached hydrogens (tertiary/aromatic N) is 4. The second-order valence-corrected chi connectivity index (χ2v) is 6.84. The molecule has 4 rings (SSSR count). The highest BCUT2D eigenvalue weighted by atomic mass is 16.5. The van der Waals surface area contributed by atoms with Crippen LogP contribution in [-0.4, -0.2) is 51.1 Å². The number of likely N-dealkylation sites (tertiary alicyclic amines) is 1. The molecule has 0 bridgehead atoms. The van der Waals surface area contributed by atoms with Crippen molar-refractivity contribution < 1.29 is 9.53 Å². The van der Waals surface area contributed by atoms with Crippen LogP contribution in [0.5, 0.6) is 0 Å². The Balaban J connectivity index is 1.50. The Morgan fingerprint density at radius 1 is 1.33 bits per heavy atom. The summed E-state index contributed by atoms with van der Waals surface area (Å²) in [6, 6.07) is 2.42. The summed E-state index contributed by atoms with van der Waals surface area (Å²) in [6.07, 6.45) is 9.13. The van der Waals surface area contributed by atoms with Gasteiger partial charge in [0.25, 0.3) is 5.91 Å². The maximum absolute atomic E-state index is 12.8. The van der Waals surface area contributed by atoms with E-state index in [1.165, 1.54) is 12.8 Å². The minimum absolute atomic E-state index is 0.0372. The number of hydrogen-bond donors (Lipinski definition) is 0. The third kappa shape index (κ3) is 3.02. The predicted octanol–water partition coefficient (Wildman–Crippen LogP) is 2.80. The van der Waals surface area contributed by atoms with E-state index in [0.717, 1.165) is 43.6 Å². The molecule has 0 radical (unpaired) electrons. The molecule has 2 aromatic rings. The van der Waals surface area contributed by atoms with Crippen molar-refractivity contribution in [2.75, 3.05) is 19.7 Å². The van der Waals surface area contributed by atoms with E-state index >= 15 is 0 Å². The van der Waals surface area contributed by atoms with Gasteiger partial charge in [0.15, 0.2) is 5.65 Å². The van der Waals surface area contributed by atoms with Gasteiger partial charge in [-0.1, -0.05) is 6.92 Å². The first kappa shape index (κ1) is 15.6. The first-order valence-electron chi connectivity index (χ1n) is 8.99. The van der Waals surface area contributed by atoms with Gasteiger partial charge in [-0.2, -0.15) is 0 Å². The summed E-state index contributed by atoms with van der Waals surface area (Å²) in [5.74, 6) is 0.0372. The van der Waals surface area contributed by atoms with Gasteiger partial charge in [0.2, 0.25) is 0 Å². The van der Waals surface area contributed by atoms with Gasteiger partial charge in [-0.3, -0.25) is 4.79 Å². The Hall–Kier alpha value is -1.95. The highest BCUT2D eigenvalue weighted by Crippen LogP contribution is 2.36. The van der Waals surface area contributed by atoms with Crippen molar-refractivity contribution in [1.29, 1.82) is 0 Å². The molecule has 2 aliphatic rings. The molecule has 128 valence electrons. The summed E-state index contributed by atoms with van der Waals surface area (Å²) in [5, 5.41) is 0. The largest absolute Gasteiger partial charge is 0.376 e. The van der Waals surface area contributed by atoms with Crippen molar-refractivity contribution in [2.45, 2.75) is 51.2 Å². The molecule has 3 heterocycles. The third-order valence-corrected chi connectivity index (χ3v) is 4.82. The average Bonchev–Trinajstić information content (AvgIpc) is 3.38. The van der Waals surface area contributed by atoms with Crippen LogP contribution in [0.4, 0.5) is 0 Å². The van der Waals surface area contributed by atoms with E-state index in [1.807, 2.05) is 17.3 Å². The minimum atomic E-state index is 0.0372. The lowest BCUT2D eigenvalue weighted by atomic mass is 10.1. The van der Waals surface area contributed by atoms with Crippen molar-refractivity contribution in [3.8, 4) is 0 Å². The van der Waals surface area contributed by atoms with Crippen molar-refractivity contribution in [3.05, 3.63) is 24.2 Å². The molecule has 2 fully saturated rings. The second-order valence-electron chi connectivity index (χ2n) is 6.84. The van der Waals surface area contributed by atoms with E-state index in [4.69, 9.17) is 4.74 Å². The summed E-state index contributed by atoms with van der Waals surface area (Å²) in [6.45, 7) is 4.33. The molecule has 0 spiro atoms. The monoisotopic (exact) mass is 328 g/mol. The van der Waals surface area contributed by atoms with Crippen LogP contribution in [0.3, 0.4) is 0 Å². The molecule has 6 heteroatoms. The van der Waals surface area contributed by atoms with Crippen molar-refractivity contribution in [3.63, 3.8) is 0 Å². The number of ether oxygens (including phenoxy) is 1. The number of rotatable bonds is 5. The zero-order valence-electron chi connectivity index (χ0n) is 14.1. The van der Waals surface area contributed by atoms with E-state index < -0.39 is 0 Å². The molecule has 1 saturated heterocycles. The lowest BCUT2D eigenvalue weighted by Crippen LogP contribution is -2.43. The number of fused-ring (bicyclic) bond motifs is 1.